The maximum Gasteiger partial charge on any atom is 0.130 e. The van der Waals surface area contributed by atoms with E-state index >= 15 is 0 Å². The second-order valence-electron chi connectivity index (χ2n) is 3.99. The predicted molar refractivity (Wildman–Crippen MR) is 52.5 cm³/mol. The number of nitrogens with zero attached hydrogens (tertiary/aromatic N) is 2. The predicted octanol–water partition coefficient (Wildman–Crippen LogP) is 2.06. The molecule has 1 aliphatic rings. The molecule has 1 aliphatic carbocycles. The highest BCUT2D eigenvalue weighted by Gasteiger charge is 2.29. The zero-order chi connectivity index (χ0) is 9.42. The largest absolute Gasteiger partial charge is 0.383 e. The van der Waals surface area contributed by atoms with Crippen molar-refractivity contribution in [1.82, 2.24) is 9.97 Å². The van der Waals surface area contributed by atoms with E-state index in [0.29, 0.717) is 17.7 Å². The van der Waals surface area contributed by atoms with Gasteiger partial charge in [0.25, 0.3) is 0 Å². The Morgan fingerprint density at radius 1 is 1.38 bits per heavy atom. The number of hydrogen-bond acceptors (Lipinski definition) is 3. The molecule has 13 heavy (non-hydrogen) atoms. The van der Waals surface area contributed by atoms with Crippen LogP contribution >= 0.6 is 0 Å². The topological polar surface area (TPSA) is 51.8 Å². The van der Waals surface area contributed by atoms with E-state index in [9.17, 15) is 0 Å². The van der Waals surface area contributed by atoms with Gasteiger partial charge in [0.05, 0.1) is 5.69 Å². The minimum absolute atomic E-state index is 0.428. The zero-order valence-corrected chi connectivity index (χ0v) is 8.12. The van der Waals surface area contributed by atoms with Gasteiger partial charge in [-0.15, -0.1) is 0 Å². The van der Waals surface area contributed by atoms with E-state index in [4.69, 9.17) is 5.73 Å². The lowest BCUT2D eigenvalue weighted by molar-refractivity contribution is 0.811. The van der Waals surface area contributed by atoms with Crippen LogP contribution in [-0.4, -0.2) is 9.97 Å². The van der Waals surface area contributed by atoms with Gasteiger partial charge in [-0.2, -0.15) is 0 Å². The smallest absolute Gasteiger partial charge is 0.130 e. The molecule has 1 fully saturated rings. The first-order valence-corrected chi connectivity index (χ1v) is 4.80. The van der Waals surface area contributed by atoms with E-state index in [2.05, 4.69) is 23.8 Å². The normalized spacial score (nSPS) is 16.5. The Morgan fingerprint density at radius 3 is 2.62 bits per heavy atom. The number of aromatic nitrogens is 2. The van der Waals surface area contributed by atoms with Crippen molar-refractivity contribution >= 4 is 5.82 Å². The summed E-state index contributed by atoms with van der Waals surface area (Å²) < 4.78 is 0. The molecule has 0 saturated heterocycles. The quantitative estimate of drug-likeness (QED) is 0.752. The summed E-state index contributed by atoms with van der Waals surface area (Å²) >= 11 is 0. The van der Waals surface area contributed by atoms with E-state index < -0.39 is 0 Å². The lowest BCUT2D eigenvalue weighted by atomic mass is 10.00. The minimum Gasteiger partial charge on any atom is -0.383 e. The first kappa shape index (κ1) is 8.48. The third-order valence-electron chi connectivity index (χ3n) is 2.49. The Balaban J connectivity index is 2.47. The molecule has 1 aromatic rings. The van der Waals surface area contributed by atoms with E-state index in [1.54, 1.807) is 6.33 Å². The molecule has 0 aromatic carbocycles. The van der Waals surface area contributed by atoms with Crippen LogP contribution in [0.5, 0.6) is 0 Å². The summed E-state index contributed by atoms with van der Waals surface area (Å²) in [6, 6.07) is 0. The molecule has 0 radical (unpaired) electrons. The van der Waals surface area contributed by atoms with Crippen LogP contribution in [0, 0.1) is 0 Å². The molecule has 3 nitrogen and oxygen atoms in total. The van der Waals surface area contributed by atoms with Crippen LogP contribution < -0.4 is 5.73 Å². The summed E-state index contributed by atoms with van der Waals surface area (Å²) in [5.74, 6) is 1.74. The van der Waals surface area contributed by atoms with E-state index in [0.717, 1.165) is 5.56 Å². The molecule has 2 N–H and O–H groups in total. The molecule has 0 aliphatic heterocycles. The average Bonchev–Trinajstić information content (AvgIpc) is 2.85. The third-order valence-corrected chi connectivity index (χ3v) is 2.49. The summed E-state index contributed by atoms with van der Waals surface area (Å²) in [6.07, 6.45) is 4.10. The van der Waals surface area contributed by atoms with Crippen LogP contribution in [0.4, 0.5) is 5.82 Å². The molecular weight excluding hydrogens is 162 g/mol. The van der Waals surface area contributed by atoms with Crippen molar-refractivity contribution in [3.8, 4) is 0 Å². The fraction of sp³-hybridized carbons (Fsp3) is 0.600. The van der Waals surface area contributed by atoms with Gasteiger partial charge < -0.3 is 5.73 Å². The maximum absolute atomic E-state index is 5.84. The summed E-state index contributed by atoms with van der Waals surface area (Å²) in [4.78, 5) is 8.37. The number of nitrogen functional groups attached to an aromatic ring is 1. The number of nitrogens with two attached hydrogens (primary N) is 1. The Hall–Kier alpha value is -1.12. The first-order valence-electron chi connectivity index (χ1n) is 4.80. The Labute approximate surface area is 78.4 Å². The first-order chi connectivity index (χ1) is 6.20. The van der Waals surface area contributed by atoms with Crippen LogP contribution in [0.1, 0.15) is 49.8 Å². The molecule has 1 heterocycles. The summed E-state index contributed by atoms with van der Waals surface area (Å²) in [7, 11) is 0. The van der Waals surface area contributed by atoms with Crippen LogP contribution in [-0.2, 0) is 0 Å². The van der Waals surface area contributed by atoms with Gasteiger partial charge in [-0.05, 0) is 18.8 Å². The second-order valence-corrected chi connectivity index (χ2v) is 3.99. The molecule has 3 heteroatoms. The van der Waals surface area contributed by atoms with Crippen molar-refractivity contribution in [1.29, 1.82) is 0 Å². The summed E-state index contributed by atoms with van der Waals surface area (Å²) in [6.45, 7) is 4.28. The third kappa shape index (κ3) is 1.50. The molecule has 2 rings (SSSR count). The monoisotopic (exact) mass is 177 g/mol. The van der Waals surface area contributed by atoms with Gasteiger partial charge in [0.15, 0.2) is 0 Å². The van der Waals surface area contributed by atoms with Gasteiger partial charge in [-0.25, -0.2) is 9.97 Å². The zero-order valence-electron chi connectivity index (χ0n) is 8.12. The van der Waals surface area contributed by atoms with Gasteiger partial charge in [0.1, 0.15) is 12.1 Å². The van der Waals surface area contributed by atoms with Crippen LogP contribution in [0.25, 0.3) is 0 Å². The standard InChI is InChI=1S/C10H15N3/c1-6(2)8-9(7-3-4-7)12-5-13-10(8)11/h5-7H,3-4H2,1-2H3,(H2,11,12,13). The Kier molecular flexibility index (Phi) is 1.94. The highest BCUT2D eigenvalue weighted by Crippen LogP contribution is 2.42. The van der Waals surface area contributed by atoms with Gasteiger partial charge >= 0.3 is 0 Å². The van der Waals surface area contributed by atoms with Crippen LogP contribution in [0.15, 0.2) is 6.33 Å². The molecule has 0 unspecified atom stereocenters. The van der Waals surface area contributed by atoms with Crippen molar-refractivity contribution in [3.63, 3.8) is 0 Å². The number of rotatable bonds is 2. The fourth-order valence-corrected chi connectivity index (χ4v) is 1.70. The van der Waals surface area contributed by atoms with Crippen LogP contribution in [0.3, 0.4) is 0 Å². The van der Waals surface area contributed by atoms with Crippen molar-refractivity contribution in [2.24, 2.45) is 0 Å². The molecule has 0 atom stereocenters. The SMILES string of the molecule is CC(C)c1c(N)ncnc1C1CC1. The Morgan fingerprint density at radius 2 is 2.08 bits per heavy atom. The van der Waals surface area contributed by atoms with E-state index in [1.807, 2.05) is 0 Å². The van der Waals surface area contributed by atoms with E-state index in [1.165, 1.54) is 18.5 Å². The van der Waals surface area contributed by atoms with Crippen molar-refractivity contribution in [3.05, 3.63) is 17.6 Å². The maximum atomic E-state index is 5.84. The molecular formula is C10H15N3. The highest BCUT2D eigenvalue weighted by atomic mass is 14.9. The molecule has 70 valence electrons. The second kappa shape index (κ2) is 2.98. The molecule has 0 bridgehead atoms. The Bertz CT molecular complexity index is 316. The number of hydrogen-bond donors (Lipinski definition) is 1. The van der Waals surface area contributed by atoms with Crippen molar-refractivity contribution < 1.29 is 0 Å². The lowest BCUT2D eigenvalue weighted by Crippen LogP contribution is -2.05. The van der Waals surface area contributed by atoms with Gasteiger partial charge in [-0.3, -0.25) is 0 Å². The minimum atomic E-state index is 0.428. The molecule has 0 spiro atoms. The summed E-state index contributed by atoms with van der Waals surface area (Å²) in [5, 5.41) is 0. The van der Waals surface area contributed by atoms with Crippen molar-refractivity contribution in [2.45, 2.75) is 38.5 Å². The average molecular weight is 177 g/mol. The van der Waals surface area contributed by atoms with E-state index in [-0.39, 0.29) is 0 Å². The number of anilines is 1. The van der Waals surface area contributed by atoms with Crippen LogP contribution in [0.2, 0.25) is 0 Å². The van der Waals surface area contributed by atoms with Gasteiger partial charge in [0, 0.05) is 11.5 Å². The highest BCUT2D eigenvalue weighted by molar-refractivity contribution is 5.45. The molecule has 1 aromatic heterocycles. The fourth-order valence-electron chi connectivity index (χ4n) is 1.70. The summed E-state index contributed by atoms with van der Waals surface area (Å²) in [5.41, 5.74) is 8.18. The van der Waals surface area contributed by atoms with Gasteiger partial charge in [-0.1, -0.05) is 13.8 Å². The molecule has 0 amide bonds. The van der Waals surface area contributed by atoms with Crippen molar-refractivity contribution in [2.75, 3.05) is 5.73 Å². The lowest BCUT2D eigenvalue weighted by Gasteiger charge is -2.12. The van der Waals surface area contributed by atoms with Gasteiger partial charge in [0.2, 0.25) is 0 Å². The molecule has 1 saturated carbocycles.